The van der Waals surface area contributed by atoms with Crippen LogP contribution in [0.15, 0.2) is 12.1 Å². The van der Waals surface area contributed by atoms with Crippen LogP contribution >= 0.6 is 0 Å². The molecule has 0 aliphatic rings. The van der Waals surface area contributed by atoms with Gasteiger partial charge in [0.2, 0.25) is 0 Å². The number of carbonyl (C=O) groups excluding carboxylic acids is 1. The summed E-state index contributed by atoms with van der Waals surface area (Å²) in [5.74, 6) is 0.592. The van der Waals surface area contributed by atoms with Gasteiger partial charge in [-0.25, -0.2) is 9.48 Å². The van der Waals surface area contributed by atoms with E-state index < -0.39 is 0 Å². The number of aryl methyl sites for hydroxylation is 3. The monoisotopic (exact) mass is 289 g/mol. The van der Waals surface area contributed by atoms with Crippen LogP contribution in [-0.2, 0) is 13.6 Å². The predicted octanol–water partition coefficient (Wildman–Crippen LogP) is 0.782. The van der Waals surface area contributed by atoms with Gasteiger partial charge in [-0.1, -0.05) is 6.07 Å². The van der Waals surface area contributed by atoms with Crippen molar-refractivity contribution < 1.29 is 4.79 Å². The highest BCUT2D eigenvalue weighted by Gasteiger charge is 2.14. The molecule has 8 heteroatoms. The number of hydrogen-bond donors (Lipinski definition) is 2. The maximum absolute atomic E-state index is 11.9. The highest BCUT2D eigenvalue weighted by Crippen LogP contribution is 2.06. The van der Waals surface area contributed by atoms with Gasteiger partial charge in [0.15, 0.2) is 5.82 Å². The van der Waals surface area contributed by atoms with Crippen LogP contribution in [0.5, 0.6) is 0 Å². The number of tetrazole rings is 1. The number of aromatic nitrogens is 5. The molecule has 2 aromatic rings. The molecule has 1 unspecified atom stereocenters. The lowest BCUT2D eigenvalue weighted by molar-refractivity contribution is 0.236. The fourth-order valence-electron chi connectivity index (χ4n) is 1.87. The van der Waals surface area contributed by atoms with Gasteiger partial charge in [0.25, 0.3) is 0 Å². The van der Waals surface area contributed by atoms with Gasteiger partial charge in [0.1, 0.15) is 0 Å². The van der Waals surface area contributed by atoms with Crippen LogP contribution in [0, 0.1) is 13.8 Å². The van der Waals surface area contributed by atoms with Crippen molar-refractivity contribution in [1.29, 1.82) is 0 Å². The molecule has 0 fully saturated rings. The highest BCUT2D eigenvalue weighted by molar-refractivity contribution is 5.74. The van der Waals surface area contributed by atoms with Crippen LogP contribution in [0.2, 0.25) is 0 Å². The minimum atomic E-state index is -0.287. The normalized spacial score (nSPS) is 12.0. The van der Waals surface area contributed by atoms with Gasteiger partial charge in [0.05, 0.1) is 18.3 Å². The van der Waals surface area contributed by atoms with E-state index in [-0.39, 0.29) is 12.1 Å². The Kier molecular flexibility index (Phi) is 4.46. The third-order valence-corrected chi connectivity index (χ3v) is 3.23. The number of nitrogens with zero attached hydrogens (tertiary/aromatic N) is 5. The largest absolute Gasteiger partial charge is 0.332 e. The Bertz CT molecular complexity index is 637. The van der Waals surface area contributed by atoms with Crippen molar-refractivity contribution in [2.45, 2.75) is 33.4 Å². The summed E-state index contributed by atoms with van der Waals surface area (Å²) in [5, 5.41) is 16.7. The van der Waals surface area contributed by atoms with E-state index in [1.54, 1.807) is 7.05 Å². The number of rotatable bonds is 4. The Labute approximate surface area is 123 Å². The molecule has 0 aliphatic carbocycles. The van der Waals surface area contributed by atoms with Crippen LogP contribution in [-0.4, -0.2) is 31.2 Å². The van der Waals surface area contributed by atoms with Crippen LogP contribution in [0.4, 0.5) is 4.79 Å². The summed E-state index contributed by atoms with van der Waals surface area (Å²) in [6, 6.07) is 3.33. The number of urea groups is 1. The Balaban J connectivity index is 1.87. The molecule has 0 radical (unpaired) electrons. The van der Waals surface area contributed by atoms with E-state index in [0.717, 1.165) is 17.0 Å². The molecule has 2 heterocycles. The Hall–Kier alpha value is -2.51. The van der Waals surface area contributed by atoms with E-state index in [2.05, 4.69) is 31.1 Å². The van der Waals surface area contributed by atoms with Gasteiger partial charge in [0, 0.05) is 12.7 Å². The van der Waals surface area contributed by atoms with E-state index in [0.29, 0.717) is 12.4 Å². The summed E-state index contributed by atoms with van der Waals surface area (Å²) in [5.41, 5.74) is 2.92. The lowest BCUT2D eigenvalue weighted by Crippen LogP contribution is -2.37. The molecule has 0 spiro atoms. The number of carbonyl (C=O) groups is 1. The zero-order chi connectivity index (χ0) is 15.4. The minimum absolute atomic E-state index is 0.280. The van der Waals surface area contributed by atoms with Crippen LogP contribution in [0.1, 0.15) is 35.7 Å². The van der Waals surface area contributed by atoms with Crippen molar-refractivity contribution in [1.82, 2.24) is 35.8 Å². The first-order valence-corrected chi connectivity index (χ1v) is 6.67. The third-order valence-electron chi connectivity index (χ3n) is 3.23. The molecular formula is C13H19N7O. The van der Waals surface area contributed by atoms with Gasteiger partial charge >= 0.3 is 6.03 Å². The Morgan fingerprint density at radius 3 is 2.76 bits per heavy atom. The highest BCUT2D eigenvalue weighted by atomic mass is 16.2. The minimum Gasteiger partial charge on any atom is -0.332 e. The van der Waals surface area contributed by atoms with E-state index >= 15 is 0 Å². The van der Waals surface area contributed by atoms with Gasteiger partial charge in [-0.3, -0.25) is 4.98 Å². The zero-order valence-corrected chi connectivity index (χ0v) is 12.6. The first-order chi connectivity index (χ1) is 9.97. The second-order valence-electron chi connectivity index (χ2n) is 4.91. The maximum atomic E-state index is 11.9. The Morgan fingerprint density at radius 1 is 1.38 bits per heavy atom. The summed E-state index contributed by atoms with van der Waals surface area (Å²) < 4.78 is 1.52. The molecule has 2 rings (SSSR count). The van der Waals surface area contributed by atoms with Crippen molar-refractivity contribution >= 4 is 6.03 Å². The van der Waals surface area contributed by atoms with Crippen molar-refractivity contribution in [3.8, 4) is 0 Å². The standard InChI is InChI=1S/C13H19N7O/c1-8-5-6-11(15-9(8)2)7-14-13(21)16-10(3)12-17-18-19-20(12)4/h5-6,10H,7H2,1-4H3,(H2,14,16,21). The van der Waals surface area contributed by atoms with Crippen molar-refractivity contribution in [3.63, 3.8) is 0 Å². The summed E-state index contributed by atoms with van der Waals surface area (Å²) in [4.78, 5) is 16.3. The van der Waals surface area contributed by atoms with Gasteiger partial charge in [-0.05, 0) is 42.8 Å². The molecular weight excluding hydrogens is 270 g/mol. The molecule has 2 N–H and O–H groups in total. The smallest absolute Gasteiger partial charge is 0.315 e. The summed E-state index contributed by atoms with van der Waals surface area (Å²) in [6.45, 7) is 6.14. The molecule has 8 nitrogen and oxygen atoms in total. The number of nitrogens with one attached hydrogen (secondary N) is 2. The summed E-state index contributed by atoms with van der Waals surface area (Å²) >= 11 is 0. The SMILES string of the molecule is Cc1ccc(CNC(=O)NC(C)c2nnnn2C)nc1C. The molecule has 0 saturated carbocycles. The second-order valence-corrected chi connectivity index (χ2v) is 4.91. The maximum Gasteiger partial charge on any atom is 0.315 e. The molecule has 0 aromatic carbocycles. The quantitative estimate of drug-likeness (QED) is 0.867. The van der Waals surface area contributed by atoms with E-state index in [9.17, 15) is 4.79 Å². The first-order valence-electron chi connectivity index (χ1n) is 6.67. The van der Waals surface area contributed by atoms with Crippen molar-refractivity contribution in [2.24, 2.45) is 7.05 Å². The lowest BCUT2D eigenvalue weighted by Gasteiger charge is -2.13. The van der Waals surface area contributed by atoms with Gasteiger partial charge in [-0.2, -0.15) is 0 Å². The molecule has 1 atom stereocenters. The van der Waals surface area contributed by atoms with Crippen molar-refractivity contribution in [3.05, 3.63) is 34.9 Å². The Morgan fingerprint density at radius 2 is 2.14 bits per heavy atom. The summed E-state index contributed by atoms with van der Waals surface area (Å²) in [7, 11) is 1.73. The van der Waals surface area contributed by atoms with Crippen LogP contribution in [0.25, 0.3) is 0 Å². The number of amides is 2. The van der Waals surface area contributed by atoms with E-state index in [1.807, 2.05) is 32.9 Å². The molecule has 2 amide bonds. The van der Waals surface area contributed by atoms with Crippen molar-refractivity contribution in [2.75, 3.05) is 0 Å². The van der Waals surface area contributed by atoms with E-state index in [1.165, 1.54) is 4.68 Å². The fraction of sp³-hybridized carbons (Fsp3) is 0.462. The molecule has 2 aromatic heterocycles. The van der Waals surface area contributed by atoms with Gasteiger partial charge < -0.3 is 10.6 Å². The lowest BCUT2D eigenvalue weighted by atomic mass is 10.2. The molecule has 112 valence electrons. The number of hydrogen-bond acceptors (Lipinski definition) is 5. The average Bonchev–Trinajstić information content (AvgIpc) is 2.86. The molecule has 21 heavy (non-hydrogen) atoms. The molecule has 0 aliphatic heterocycles. The first kappa shape index (κ1) is 14.9. The molecule has 0 saturated heterocycles. The summed E-state index contributed by atoms with van der Waals surface area (Å²) in [6.07, 6.45) is 0. The predicted molar refractivity (Wildman–Crippen MR) is 76.3 cm³/mol. The number of pyridine rings is 1. The molecule has 0 bridgehead atoms. The van der Waals surface area contributed by atoms with Crippen LogP contribution in [0.3, 0.4) is 0 Å². The van der Waals surface area contributed by atoms with Crippen LogP contribution < -0.4 is 10.6 Å². The average molecular weight is 289 g/mol. The third kappa shape index (κ3) is 3.74. The fourth-order valence-corrected chi connectivity index (χ4v) is 1.87. The van der Waals surface area contributed by atoms with E-state index in [4.69, 9.17) is 0 Å². The zero-order valence-electron chi connectivity index (χ0n) is 12.6. The second kappa shape index (κ2) is 6.29. The topological polar surface area (TPSA) is 97.6 Å². The van der Waals surface area contributed by atoms with Gasteiger partial charge in [-0.15, -0.1) is 5.10 Å².